The van der Waals surface area contributed by atoms with Gasteiger partial charge in [0.05, 0.1) is 17.8 Å². The van der Waals surface area contributed by atoms with Crippen molar-refractivity contribution in [3.63, 3.8) is 0 Å². The van der Waals surface area contributed by atoms with E-state index in [1.807, 2.05) is 23.5 Å². The van der Waals surface area contributed by atoms with Crippen LogP contribution in [0.15, 0.2) is 0 Å². The van der Waals surface area contributed by atoms with Crippen molar-refractivity contribution >= 4 is 23.5 Å². The molecular weight excluding hydrogens is 256 g/mol. The molecule has 0 fully saturated rings. The van der Waals surface area contributed by atoms with Gasteiger partial charge in [-0.05, 0) is 0 Å². The molecule has 0 radical (unpaired) electrons. The first kappa shape index (κ1) is 17.6. The first-order valence-electron chi connectivity index (χ1n) is 5.93. The van der Waals surface area contributed by atoms with E-state index in [0.717, 1.165) is 6.61 Å². The second-order valence-corrected chi connectivity index (χ2v) is 8.10. The SMILES string of the molecule is COC(COCC(SC(C)C)SC(C)C)OC. The molecule has 0 spiro atoms. The van der Waals surface area contributed by atoms with E-state index in [1.54, 1.807) is 14.2 Å². The zero-order valence-electron chi connectivity index (χ0n) is 11.8. The van der Waals surface area contributed by atoms with Crippen molar-refractivity contribution in [2.75, 3.05) is 27.4 Å². The minimum Gasteiger partial charge on any atom is -0.374 e. The predicted octanol–water partition coefficient (Wildman–Crippen LogP) is 3.23. The van der Waals surface area contributed by atoms with Crippen LogP contribution in [0, 0.1) is 0 Å². The lowest BCUT2D eigenvalue weighted by molar-refractivity contribution is -0.139. The maximum absolute atomic E-state index is 5.65. The summed E-state index contributed by atoms with van der Waals surface area (Å²) in [5.74, 6) is 0. The van der Waals surface area contributed by atoms with Gasteiger partial charge in [0.2, 0.25) is 0 Å². The Labute approximate surface area is 114 Å². The van der Waals surface area contributed by atoms with Crippen LogP contribution in [0.25, 0.3) is 0 Å². The van der Waals surface area contributed by atoms with E-state index in [0.29, 0.717) is 21.7 Å². The standard InChI is InChI=1S/C12H26O3S2/c1-9(2)16-12(17-10(3)4)8-15-7-11(13-5)14-6/h9-12H,7-8H2,1-6H3. The Hall–Kier alpha value is 0.580. The van der Waals surface area contributed by atoms with Crippen molar-refractivity contribution in [3.05, 3.63) is 0 Å². The molecule has 0 atom stereocenters. The highest BCUT2D eigenvalue weighted by molar-refractivity contribution is 8.17. The van der Waals surface area contributed by atoms with Gasteiger partial charge in [0.1, 0.15) is 0 Å². The predicted molar refractivity (Wildman–Crippen MR) is 77.9 cm³/mol. The molecule has 3 nitrogen and oxygen atoms in total. The second kappa shape index (κ2) is 10.5. The Morgan fingerprint density at radius 3 is 1.65 bits per heavy atom. The molecule has 0 aromatic carbocycles. The number of thioether (sulfide) groups is 2. The van der Waals surface area contributed by atoms with Crippen LogP contribution >= 0.6 is 23.5 Å². The van der Waals surface area contributed by atoms with Gasteiger partial charge in [0, 0.05) is 24.7 Å². The van der Waals surface area contributed by atoms with E-state index in [2.05, 4.69) is 27.7 Å². The summed E-state index contributed by atoms with van der Waals surface area (Å²) in [6.07, 6.45) is -0.260. The highest BCUT2D eigenvalue weighted by Gasteiger charge is 2.15. The molecule has 5 heteroatoms. The molecule has 0 aliphatic rings. The maximum atomic E-state index is 5.65. The highest BCUT2D eigenvalue weighted by Crippen LogP contribution is 2.30. The molecule has 0 bridgehead atoms. The van der Waals surface area contributed by atoms with Crippen LogP contribution in [0.1, 0.15) is 27.7 Å². The van der Waals surface area contributed by atoms with E-state index in [4.69, 9.17) is 14.2 Å². The van der Waals surface area contributed by atoms with E-state index in [9.17, 15) is 0 Å². The molecule has 0 aliphatic carbocycles. The fourth-order valence-electron chi connectivity index (χ4n) is 1.21. The lowest BCUT2D eigenvalue weighted by Crippen LogP contribution is -2.23. The molecule has 0 aromatic rings. The largest absolute Gasteiger partial charge is 0.374 e. The molecule has 0 amide bonds. The van der Waals surface area contributed by atoms with Crippen LogP contribution in [-0.4, -0.2) is 48.8 Å². The number of ether oxygens (including phenoxy) is 3. The van der Waals surface area contributed by atoms with Crippen LogP contribution < -0.4 is 0 Å². The van der Waals surface area contributed by atoms with Gasteiger partial charge < -0.3 is 14.2 Å². The first-order chi connectivity index (χ1) is 7.99. The minimum atomic E-state index is -0.260. The fourth-order valence-corrected chi connectivity index (χ4v) is 4.36. The zero-order valence-corrected chi connectivity index (χ0v) is 13.4. The van der Waals surface area contributed by atoms with Gasteiger partial charge in [-0.1, -0.05) is 27.7 Å². The third-order valence-corrected chi connectivity index (χ3v) is 4.52. The van der Waals surface area contributed by atoms with E-state index >= 15 is 0 Å². The van der Waals surface area contributed by atoms with Crippen LogP contribution in [0.4, 0.5) is 0 Å². The van der Waals surface area contributed by atoms with E-state index < -0.39 is 0 Å². The van der Waals surface area contributed by atoms with Crippen LogP contribution in [0.3, 0.4) is 0 Å². The zero-order chi connectivity index (χ0) is 13.3. The lowest BCUT2D eigenvalue weighted by atomic mass is 10.6. The summed E-state index contributed by atoms with van der Waals surface area (Å²) >= 11 is 3.90. The summed E-state index contributed by atoms with van der Waals surface area (Å²) in [4.78, 5) is 0. The minimum absolute atomic E-state index is 0.260. The molecule has 0 N–H and O–H groups in total. The van der Waals surface area contributed by atoms with Gasteiger partial charge in [-0.2, -0.15) is 0 Å². The van der Waals surface area contributed by atoms with Gasteiger partial charge in [-0.3, -0.25) is 0 Å². The van der Waals surface area contributed by atoms with Crippen molar-refractivity contribution in [2.24, 2.45) is 0 Å². The summed E-state index contributed by atoms with van der Waals surface area (Å²) in [6, 6.07) is 0. The van der Waals surface area contributed by atoms with Crippen molar-refractivity contribution in [1.29, 1.82) is 0 Å². The molecular formula is C12H26O3S2. The van der Waals surface area contributed by atoms with Crippen molar-refractivity contribution in [3.8, 4) is 0 Å². The summed E-state index contributed by atoms with van der Waals surface area (Å²) in [6.45, 7) is 10.1. The topological polar surface area (TPSA) is 27.7 Å². The first-order valence-corrected chi connectivity index (χ1v) is 7.82. The average molecular weight is 282 g/mol. The van der Waals surface area contributed by atoms with E-state index in [1.165, 1.54) is 0 Å². The lowest BCUT2D eigenvalue weighted by Gasteiger charge is -2.21. The highest BCUT2D eigenvalue weighted by atomic mass is 32.2. The Morgan fingerprint density at radius 2 is 1.29 bits per heavy atom. The molecule has 0 heterocycles. The van der Waals surface area contributed by atoms with E-state index in [-0.39, 0.29) is 6.29 Å². The number of methoxy groups -OCH3 is 2. The Balaban J connectivity index is 3.89. The Bertz CT molecular complexity index is 163. The summed E-state index contributed by atoms with van der Waals surface area (Å²) in [5.41, 5.74) is 0. The van der Waals surface area contributed by atoms with Crippen molar-refractivity contribution < 1.29 is 14.2 Å². The maximum Gasteiger partial charge on any atom is 0.180 e. The third-order valence-electron chi connectivity index (χ3n) is 1.88. The summed E-state index contributed by atoms with van der Waals surface area (Å²) in [5, 5.41) is 1.24. The quantitative estimate of drug-likeness (QED) is 0.574. The number of rotatable bonds is 10. The normalized spacial score (nSPS) is 12.4. The smallest absolute Gasteiger partial charge is 0.180 e. The van der Waals surface area contributed by atoms with Crippen molar-refractivity contribution in [2.45, 2.75) is 49.1 Å². The molecule has 0 saturated carbocycles. The van der Waals surface area contributed by atoms with Gasteiger partial charge in [-0.25, -0.2) is 0 Å². The molecule has 0 aromatic heterocycles. The van der Waals surface area contributed by atoms with Gasteiger partial charge >= 0.3 is 0 Å². The molecule has 0 unspecified atom stereocenters. The summed E-state index contributed by atoms with van der Waals surface area (Å²) < 4.78 is 16.3. The van der Waals surface area contributed by atoms with Gasteiger partial charge in [0.15, 0.2) is 6.29 Å². The van der Waals surface area contributed by atoms with Gasteiger partial charge in [-0.15, -0.1) is 23.5 Å². The molecule has 0 saturated heterocycles. The van der Waals surface area contributed by atoms with Gasteiger partial charge in [0.25, 0.3) is 0 Å². The monoisotopic (exact) mass is 282 g/mol. The Kier molecular flexibility index (Phi) is 10.9. The van der Waals surface area contributed by atoms with Crippen LogP contribution in [0.2, 0.25) is 0 Å². The molecule has 17 heavy (non-hydrogen) atoms. The average Bonchev–Trinajstić information content (AvgIpc) is 2.22. The summed E-state index contributed by atoms with van der Waals surface area (Å²) in [7, 11) is 3.25. The second-order valence-electron chi connectivity index (χ2n) is 4.24. The number of hydrogen-bond acceptors (Lipinski definition) is 5. The van der Waals surface area contributed by atoms with Crippen molar-refractivity contribution in [1.82, 2.24) is 0 Å². The molecule has 104 valence electrons. The fraction of sp³-hybridized carbons (Fsp3) is 1.00. The van der Waals surface area contributed by atoms with Crippen LogP contribution in [0.5, 0.6) is 0 Å². The molecule has 0 aliphatic heterocycles. The van der Waals surface area contributed by atoms with Crippen LogP contribution in [-0.2, 0) is 14.2 Å². The Morgan fingerprint density at radius 1 is 0.824 bits per heavy atom. The number of hydrogen-bond donors (Lipinski definition) is 0. The third kappa shape index (κ3) is 10.2. The molecule has 0 rings (SSSR count).